The molecule has 0 fully saturated rings. The molecular weight excluding hydrogens is 255 g/mol. The summed E-state index contributed by atoms with van der Waals surface area (Å²) < 4.78 is 12.1. The van der Waals surface area contributed by atoms with Crippen molar-refractivity contribution in [2.75, 3.05) is 0 Å². The van der Waals surface area contributed by atoms with Gasteiger partial charge in [-0.05, 0) is 6.20 Å². The van der Waals surface area contributed by atoms with E-state index in [0.29, 0.717) is 0 Å². The third-order valence-corrected chi connectivity index (χ3v) is 1.04. The number of rotatable bonds is 0. The Bertz CT molecular complexity index is 232. The smallest absolute Gasteiger partial charge is 0.106 e. The van der Waals surface area contributed by atoms with E-state index in [2.05, 4.69) is 9.97 Å². The van der Waals surface area contributed by atoms with Gasteiger partial charge in [0.15, 0.2) is 0 Å². The zero-order valence-electron chi connectivity index (χ0n) is 4.61. The fraction of sp³-hybridized carbons (Fsp3) is 0. The summed E-state index contributed by atoms with van der Waals surface area (Å²) in [6.07, 6.45) is 1.92. The van der Waals surface area contributed by atoms with Crippen molar-refractivity contribution >= 4 is 23.2 Å². The minimum Gasteiger partial charge on any atom is -0.356 e. The molecule has 0 aliphatic rings. The van der Waals surface area contributed by atoms with Crippen molar-refractivity contribution in [1.29, 1.82) is 0 Å². The van der Waals surface area contributed by atoms with Gasteiger partial charge in [-0.15, -0.1) is 23.2 Å². The van der Waals surface area contributed by atoms with Gasteiger partial charge in [-0.1, -0.05) is 0 Å². The van der Waals surface area contributed by atoms with Gasteiger partial charge in [0.1, 0.15) is 5.28 Å². The van der Waals surface area contributed by atoms with E-state index >= 15 is 0 Å². The van der Waals surface area contributed by atoms with Crippen LogP contribution in [0.4, 0.5) is 4.39 Å². The Balaban J connectivity index is 0.000000810. The molecule has 0 bridgehead atoms. The van der Waals surface area contributed by atoms with Crippen molar-refractivity contribution < 1.29 is 37.1 Å². The molecule has 0 N–H and O–H groups in total. The van der Waals surface area contributed by atoms with E-state index in [4.69, 9.17) is 23.2 Å². The van der Waals surface area contributed by atoms with Gasteiger partial charge >= 0.3 is 0 Å². The second kappa shape index (κ2) is 4.55. The van der Waals surface area contributed by atoms with Crippen molar-refractivity contribution in [2.24, 2.45) is 0 Å². The molecule has 2 nitrogen and oxygen atoms in total. The third-order valence-electron chi connectivity index (χ3n) is 0.618. The summed E-state index contributed by atoms with van der Waals surface area (Å²) in [5.41, 5.74) is 0. The first-order valence-electron chi connectivity index (χ1n) is 1.96. The Hall–Kier alpha value is 0.694. The van der Waals surface area contributed by atoms with E-state index in [9.17, 15) is 4.39 Å². The van der Waals surface area contributed by atoms with Crippen LogP contribution in [-0.4, -0.2) is 9.97 Å². The molecule has 0 amide bonds. The summed E-state index contributed by atoms with van der Waals surface area (Å²) in [4.78, 5) is 6.50. The average molecular weight is 255 g/mol. The van der Waals surface area contributed by atoms with Gasteiger partial charge in [-0.3, -0.25) is 0 Å². The molecule has 0 unspecified atom stereocenters. The first-order chi connectivity index (χ1) is 4.20. The second-order valence-electron chi connectivity index (χ2n) is 1.21. The first kappa shape index (κ1) is 10.7. The van der Waals surface area contributed by atoms with E-state index in [1.54, 1.807) is 0 Å². The van der Waals surface area contributed by atoms with Gasteiger partial charge in [0.25, 0.3) is 0 Å². The molecule has 0 aliphatic heterocycles. The Labute approximate surface area is 92.0 Å². The molecule has 6 heteroatoms. The number of aromatic nitrogens is 2. The topological polar surface area (TPSA) is 25.8 Å². The molecule has 0 atom stereocenters. The maximum Gasteiger partial charge on any atom is 0.106 e. The minimum atomic E-state index is -0.791. The van der Waals surface area contributed by atoms with Crippen molar-refractivity contribution in [1.82, 2.24) is 9.97 Å². The van der Waals surface area contributed by atoms with Crippen LogP contribution in [-0.2, 0) is 32.7 Å². The standard InChI is InChI=1S/C4Cl2FN2.Y/c5-3-2(7)1-8-4(6)9-3;/q-1;. The van der Waals surface area contributed by atoms with Gasteiger partial charge in [-0.25, -0.2) is 4.39 Å². The fourth-order valence-electron chi connectivity index (χ4n) is 0.296. The first-order valence-corrected chi connectivity index (χ1v) is 2.72. The van der Waals surface area contributed by atoms with Crippen LogP contribution in [0.2, 0.25) is 10.4 Å². The summed E-state index contributed by atoms with van der Waals surface area (Å²) in [6, 6.07) is 0. The van der Waals surface area contributed by atoms with Crippen LogP contribution in [0.15, 0.2) is 0 Å². The Morgan fingerprint density at radius 2 is 2.00 bits per heavy atom. The number of halogens is 3. The van der Waals surface area contributed by atoms with Gasteiger partial charge in [-0.2, -0.15) is 0 Å². The van der Waals surface area contributed by atoms with E-state index in [1.165, 1.54) is 0 Å². The van der Waals surface area contributed by atoms with Crippen LogP contribution in [0.1, 0.15) is 0 Å². The zero-order valence-corrected chi connectivity index (χ0v) is 8.96. The summed E-state index contributed by atoms with van der Waals surface area (Å²) in [5, 5.41) is -0.420. The van der Waals surface area contributed by atoms with Gasteiger partial charge in [0, 0.05) is 32.7 Å². The monoisotopic (exact) mass is 254 g/mol. The predicted octanol–water partition coefficient (Wildman–Crippen LogP) is 1.72. The third kappa shape index (κ3) is 2.74. The molecule has 0 aliphatic carbocycles. The molecule has 1 aromatic heterocycles. The molecule has 51 valence electrons. The van der Waals surface area contributed by atoms with Gasteiger partial charge in [0.2, 0.25) is 0 Å². The van der Waals surface area contributed by atoms with Crippen LogP contribution < -0.4 is 0 Å². The predicted molar refractivity (Wildman–Crippen MR) is 30.8 cm³/mol. The molecule has 0 spiro atoms. The van der Waals surface area contributed by atoms with Crippen LogP contribution in [0.25, 0.3) is 0 Å². The minimum absolute atomic E-state index is 0. The summed E-state index contributed by atoms with van der Waals surface area (Å²) in [6.45, 7) is 0. The largest absolute Gasteiger partial charge is 0.356 e. The second-order valence-corrected chi connectivity index (χ2v) is 1.91. The van der Waals surface area contributed by atoms with E-state index in [-0.39, 0.29) is 43.1 Å². The van der Waals surface area contributed by atoms with Crippen LogP contribution in [0, 0.1) is 12.0 Å². The quantitative estimate of drug-likeness (QED) is 0.400. The summed E-state index contributed by atoms with van der Waals surface area (Å²) in [7, 11) is 0. The molecule has 1 heterocycles. The maximum atomic E-state index is 12.1. The average Bonchev–Trinajstić information content (AvgIpc) is 1.80. The number of hydrogen-bond donors (Lipinski definition) is 0. The van der Waals surface area contributed by atoms with Crippen molar-refractivity contribution in [3.63, 3.8) is 0 Å². The van der Waals surface area contributed by atoms with Crippen LogP contribution >= 0.6 is 23.2 Å². The van der Waals surface area contributed by atoms with Crippen molar-refractivity contribution in [3.8, 4) is 0 Å². The Morgan fingerprint density at radius 1 is 1.40 bits per heavy atom. The number of nitrogens with zero attached hydrogens (tertiary/aromatic N) is 2. The van der Waals surface area contributed by atoms with E-state index < -0.39 is 5.82 Å². The van der Waals surface area contributed by atoms with E-state index in [0.717, 1.165) is 0 Å². The Kier molecular flexibility index (Phi) is 4.86. The van der Waals surface area contributed by atoms with Gasteiger partial charge in [0.05, 0.1) is 11.0 Å². The molecular formula is C4Cl2FN2Y-. The van der Waals surface area contributed by atoms with Gasteiger partial charge < -0.3 is 9.97 Å². The van der Waals surface area contributed by atoms with Crippen LogP contribution in [0.3, 0.4) is 0 Å². The molecule has 0 saturated carbocycles. The summed E-state index contributed by atoms with van der Waals surface area (Å²) >= 11 is 10.4. The Morgan fingerprint density at radius 3 is 2.40 bits per heavy atom. The normalized spacial score (nSPS) is 8.70. The SMILES string of the molecule is Fc1[c-]nc(Cl)nc1Cl.[Y]. The van der Waals surface area contributed by atoms with Crippen LogP contribution in [0.5, 0.6) is 0 Å². The zero-order chi connectivity index (χ0) is 6.85. The summed E-state index contributed by atoms with van der Waals surface area (Å²) in [5.74, 6) is -0.791. The number of hydrogen-bond acceptors (Lipinski definition) is 2. The van der Waals surface area contributed by atoms with Crippen molar-refractivity contribution in [2.45, 2.75) is 0 Å². The molecule has 1 radical (unpaired) electrons. The fourth-order valence-corrected chi connectivity index (χ4v) is 0.589. The molecule has 10 heavy (non-hydrogen) atoms. The molecule has 1 aromatic rings. The molecule has 1 rings (SSSR count). The van der Waals surface area contributed by atoms with E-state index in [1.807, 2.05) is 6.20 Å². The maximum absolute atomic E-state index is 12.1. The molecule has 0 aromatic carbocycles. The molecule has 0 saturated heterocycles. The van der Waals surface area contributed by atoms with Crippen molar-refractivity contribution in [3.05, 3.63) is 22.5 Å².